The lowest BCUT2D eigenvalue weighted by Gasteiger charge is -2.19. The van der Waals surface area contributed by atoms with Crippen LogP contribution in [0.25, 0.3) is 11.3 Å². The highest BCUT2D eigenvalue weighted by molar-refractivity contribution is 7.89. The molecular weight excluding hydrogens is 399 g/mol. The second kappa shape index (κ2) is 9.22. The number of anilines is 1. The number of thiazole rings is 1. The third-order valence-electron chi connectivity index (χ3n) is 4.08. The van der Waals surface area contributed by atoms with Crippen LogP contribution in [-0.4, -0.2) is 31.0 Å². The SMILES string of the molecule is CCCC(CNc1cc(-c2cscn2)ccn1)NS(=O)(=O)c1cccc(F)c1. The normalized spacial score (nSPS) is 12.6. The van der Waals surface area contributed by atoms with Crippen LogP contribution in [0.5, 0.6) is 0 Å². The molecule has 0 fully saturated rings. The van der Waals surface area contributed by atoms with Gasteiger partial charge < -0.3 is 5.32 Å². The highest BCUT2D eigenvalue weighted by Crippen LogP contribution is 2.21. The van der Waals surface area contributed by atoms with E-state index in [2.05, 4.69) is 20.0 Å². The first-order valence-corrected chi connectivity index (χ1v) is 11.3. The van der Waals surface area contributed by atoms with Crippen LogP contribution in [0, 0.1) is 5.82 Å². The summed E-state index contributed by atoms with van der Waals surface area (Å²) >= 11 is 1.52. The van der Waals surface area contributed by atoms with Gasteiger partial charge in [-0.15, -0.1) is 11.3 Å². The van der Waals surface area contributed by atoms with Crippen molar-refractivity contribution in [1.82, 2.24) is 14.7 Å². The molecule has 0 aliphatic rings. The minimum Gasteiger partial charge on any atom is -0.368 e. The lowest BCUT2D eigenvalue weighted by atomic mass is 10.2. The number of nitrogens with one attached hydrogen (secondary N) is 2. The zero-order chi connectivity index (χ0) is 20.0. The zero-order valence-electron chi connectivity index (χ0n) is 15.3. The highest BCUT2D eigenvalue weighted by Gasteiger charge is 2.20. The Labute approximate surface area is 167 Å². The van der Waals surface area contributed by atoms with Crippen LogP contribution in [0.2, 0.25) is 0 Å². The molecule has 1 aromatic carbocycles. The van der Waals surface area contributed by atoms with Crippen molar-refractivity contribution in [3.63, 3.8) is 0 Å². The van der Waals surface area contributed by atoms with Crippen LogP contribution >= 0.6 is 11.3 Å². The number of sulfonamides is 1. The molecule has 0 amide bonds. The molecule has 28 heavy (non-hydrogen) atoms. The van der Waals surface area contributed by atoms with Crippen molar-refractivity contribution in [1.29, 1.82) is 0 Å². The predicted octanol–water partition coefficient (Wildman–Crippen LogP) is 3.90. The Morgan fingerprint density at radius 2 is 2.07 bits per heavy atom. The van der Waals surface area contributed by atoms with E-state index in [1.165, 1.54) is 29.5 Å². The van der Waals surface area contributed by atoms with Crippen molar-refractivity contribution in [3.8, 4) is 11.3 Å². The number of aromatic nitrogens is 2. The third-order valence-corrected chi connectivity index (χ3v) is 6.19. The minimum absolute atomic E-state index is 0.0859. The van der Waals surface area contributed by atoms with Crippen LogP contribution < -0.4 is 10.0 Å². The molecule has 2 aromatic heterocycles. The van der Waals surface area contributed by atoms with E-state index in [1.807, 2.05) is 24.4 Å². The summed E-state index contributed by atoms with van der Waals surface area (Å²) in [6.07, 6.45) is 3.11. The first-order chi connectivity index (χ1) is 13.5. The molecule has 0 saturated heterocycles. The van der Waals surface area contributed by atoms with Gasteiger partial charge in [0.05, 0.1) is 16.1 Å². The number of rotatable bonds is 9. The number of hydrogen-bond acceptors (Lipinski definition) is 6. The topological polar surface area (TPSA) is 84.0 Å². The van der Waals surface area contributed by atoms with E-state index in [9.17, 15) is 12.8 Å². The van der Waals surface area contributed by atoms with E-state index in [-0.39, 0.29) is 10.9 Å². The summed E-state index contributed by atoms with van der Waals surface area (Å²) in [6.45, 7) is 2.33. The number of hydrogen-bond donors (Lipinski definition) is 2. The quantitative estimate of drug-likeness (QED) is 0.548. The number of benzene rings is 1. The summed E-state index contributed by atoms with van der Waals surface area (Å²) in [7, 11) is -3.81. The fourth-order valence-corrected chi connectivity index (χ4v) is 4.60. The molecule has 9 heteroatoms. The molecule has 0 aliphatic heterocycles. The monoisotopic (exact) mass is 420 g/mol. The lowest BCUT2D eigenvalue weighted by Crippen LogP contribution is -2.39. The molecule has 0 bridgehead atoms. The molecule has 1 unspecified atom stereocenters. The van der Waals surface area contributed by atoms with Gasteiger partial charge in [-0.25, -0.2) is 27.5 Å². The van der Waals surface area contributed by atoms with Gasteiger partial charge >= 0.3 is 0 Å². The van der Waals surface area contributed by atoms with Crippen LogP contribution in [-0.2, 0) is 10.0 Å². The average molecular weight is 421 g/mol. The van der Waals surface area contributed by atoms with Gasteiger partial charge in [0.2, 0.25) is 10.0 Å². The molecule has 2 N–H and O–H groups in total. The van der Waals surface area contributed by atoms with E-state index in [1.54, 1.807) is 11.7 Å². The molecule has 0 aliphatic carbocycles. The van der Waals surface area contributed by atoms with Crippen LogP contribution in [0.3, 0.4) is 0 Å². The van der Waals surface area contributed by atoms with Gasteiger partial charge in [0.1, 0.15) is 11.6 Å². The fraction of sp³-hybridized carbons (Fsp3) is 0.263. The maximum Gasteiger partial charge on any atom is 0.240 e. The van der Waals surface area contributed by atoms with E-state index < -0.39 is 15.8 Å². The van der Waals surface area contributed by atoms with Gasteiger partial charge in [-0.1, -0.05) is 19.4 Å². The summed E-state index contributed by atoms with van der Waals surface area (Å²) in [4.78, 5) is 8.48. The molecule has 0 spiro atoms. The number of halogens is 1. The van der Waals surface area contributed by atoms with Gasteiger partial charge in [-0.3, -0.25) is 0 Å². The smallest absolute Gasteiger partial charge is 0.240 e. The lowest BCUT2D eigenvalue weighted by molar-refractivity contribution is 0.532. The van der Waals surface area contributed by atoms with Crippen LogP contribution in [0.15, 0.2) is 58.4 Å². The van der Waals surface area contributed by atoms with Crippen molar-refractivity contribution in [3.05, 3.63) is 59.3 Å². The van der Waals surface area contributed by atoms with E-state index >= 15 is 0 Å². The number of nitrogens with zero attached hydrogens (tertiary/aromatic N) is 2. The molecule has 1 atom stereocenters. The Hall–Kier alpha value is -2.36. The fourth-order valence-electron chi connectivity index (χ4n) is 2.74. The molecule has 2 heterocycles. The molecule has 3 rings (SSSR count). The number of pyridine rings is 1. The Morgan fingerprint density at radius 1 is 1.21 bits per heavy atom. The van der Waals surface area contributed by atoms with E-state index in [0.717, 1.165) is 23.7 Å². The summed E-state index contributed by atoms with van der Waals surface area (Å²) in [5.74, 6) is 0.0488. The van der Waals surface area contributed by atoms with Crippen molar-refractivity contribution in [2.75, 3.05) is 11.9 Å². The van der Waals surface area contributed by atoms with Crippen molar-refractivity contribution in [2.24, 2.45) is 0 Å². The highest BCUT2D eigenvalue weighted by atomic mass is 32.2. The Kier molecular flexibility index (Phi) is 6.71. The summed E-state index contributed by atoms with van der Waals surface area (Å²) in [5.41, 5.74) is 3.57. The van der Waals surface area contributed by atoms with Crippen molar-refractivity contribution in [2.45, 2.75) is 30.7 Å². The van der Waals surface area contributed by atoms with E-state index in [4.69, 9.17) is 0 Å². The molecule has 6 nitrogen and oxygen atoms in total. The zero-order valence-corrected chi connectivity index (χ0v) is 16.9. The minimum atomic E-state index is -3.81. The molecule has 3 aromatic rings. The van der Waals surface area contributed by atoms with Crippen molar-refractivity contribution < 1.29 is 12.8 Å². The summed E-state index contributed by atoms with van der Waals surface area (Å²) in [6, 6.07) is 8.37. The Bertz CT molecular complexity index is 1010. The third kappa shape index (κ3) is 5.34. The van der Waals surface area contributed by atoms with Gasteiger partial charge in [-0.05, 0) is 36.8 Å². The van der Waals surface area contributed by atoms with Crippen molar-refractivity contribution >= 4 is 27.2 Å². The van der Waals surface area contributed by atoms with Gasteiger partial charge in [0.25, 0.3) is 0 Å². The summed E-state index contributed by atoms with van der Waals surface area (Å²) < 4.78 is 41.2. The Balaban J connectivity index is 1.69. The predicted molar refractivity (Wildman–Crippen MR) is 109 cm³/mol. The van der Waals surface area contributed by atoms with Crippen LogP contribution in [0.1, 0.15) is 19.8 Å². The first kappa shape index (κ1) is 20.4. The van der Waals surface area contributed by atoms with Gasteiger partial charge in [0, 0.05) is 29.7 Å². The molecule has 148 valence electrons. The second-order valence-corrected chi connectivity index (χ2v) is 8.68. The largest absolute Gasteiger partial charge is 0.368 e. The first-order valence-electron chi connectivity index (χ1n) is 8.84. The van der Waals surface area contributed by atoms with E-state index in [0.29, 0.717) is 18.8 Å². The average Bonchev–Trinajstić information content (AvgIpc) is 3.21. The maximum absolute atomic E-state index is 13.4. The Morgan fingerprint density at radius 3 is 2.79 bits per heavy atom. The molecule has 0 saturated carbocycles. The second-order valence-electron chi connectivity index (χ2n) is 6.25. The summed E-state index contributed by atoms with van der Waals surface area (Å²) in [5, 5.41) is 5.13. The maximum atomic E-state index is 13.4. The van der Waals surface area contributed by atoms with Crippen LogP contribution in [0.4, 0.5) is 10.2 Å². The standard InChI is InChI=1S/C19H21FN4O2S2/c1-2-4-16(24-28(25,26)17-6-3-5-15(20)10-17)11-22-19-9-14(7-8-21-19)18-12-27-13-23-18/h3,5-10,12-13,16,24H,2,4,11H2,1H3,(H,21,22). The molecular formula is C19H21FN4O2S2. The van der Waals surface area contributed by atoms with Gasteiger partial charge in [0.15, 0.2) is 0 Å². The van der Waals surface area contributed by atoms with Gasteiger partial charge in [-0.2, -0.15) is 0 Å². The molecule has 0 radical (unpaired) electrons.